The lowest BCUT2D eigenvalue weighted by molar-refractivity contribution is -0.130. The molecule has 28 heavy (non-hydrogen) atoms. The number of hydrogen-bond acceptors (Lipinski definition) is 3. The van der Waals surface area contributed by atoms with Gasteiger partial charge in [0.05, 0.1) is 11.0 Å². The van der Waals surface area contributed by atoms with Crippen LogP contribution in [0.2, 0.25) is 0 Å². The Morgan fingerprint density at radius 1 is 1.11 bits per heavy atom. The lowest BCUT2D eigenvalue weighted by atomic mass is 10.1. The first-order valence-electron chi connectivity index (χ1n) is 10.2. The van der Waals surface area contributed by atoms with Gasteiger partial charge in [-0.15, -0.1) is 0 Å². The molecule has 1 saturated heterocycles. The highest BCUT2D eigenvalue weighted by atomic mass is 16.5. The van der Waals surface area contributed by atoms with Crippen LogP contribution in [0.4, 0.5) is 0 Å². The quantitative estimate of drug-likeness (QED) is 0.654. The van der Waals surface area contributed by atoms with Gasteiger partial charge in [0, 0.05) is 26.1 Å². The fraction of sp³-hybridized carbons (Fsp3) is 0.391. The van der Waals surface area contributed by atoms with Crippen LogP contribution < -0.4 is 5.32 Å². The van der Waals surface area contributed by atoms with E-state index in [1.807, 2.05) is 6.07 Å². The normalized spacial score (nSPS) is 16.5. The zero-order chi connectivity index (χ0) is 19.2. The number of carbonyl (C=O) groups is 1. The van der Waals surface area contributed by atoms with Crippen molar-refractivity contribution in [2.24, 2.45) is 0 Å². The smallest absolute Gasteiger partial charge is 0.249 e. The Kier molecular flexibility index (Phi) is 6.02. The molecule has 1 aromatic heterocycles. The molecule has 1 aliphatic heterocycles. The van der Waals surface area contributed by atoms with Crippen LogP contribution in [0.25, 0.3) is 11.0 Å². The van der Waals surface area contributed by atoms with Crippen LogP contribution in [0.1, 0.15) is 30.7 Å². The molecule has 2 heterocycles. The van der Waals surface area contributed by atoms with Crippen molar-refractivity contribution >= 4 is 16.9 Å². The average molecular weight is 377 g/mol. The van der Waals surface area contributed by atoms with Gasteiger partial charge in [-0.3, -0.25) is 4.79 Å². The summed E-state index contributed by atoms with van der Waals surface area (Å²) in [6.45, 7) is 2.19. The fourth-order valence-corrected chi connectivity index (χ4v) is 3.85. The second kappa shape index (κ2) is 9.02. The molecular formula is C23H27N3O2. The first-order valence-corrected chi connectivity index (χ1v) is 10.2. The summed E-state index contributed by atoms with van der Waals surface area (Å²) in [6, 6.07) is 18.8. The van der Waals surface area contributed by atoms with Gasteiger partial charge in [0.25, 0.3) is 0 Å². The largest absolute Gasteiger partial charge is 0.368 e. The monoisotopic (exact) mass is 377 g/mol. The Morgan fingerprint density at radius 3 is 2.75 bits per heavy atom. The summed E-state index contributed by atoms with van der Waals surface area (Å²) < 4.78 is 7.75. The highest BCUT2D eigenvalue weighted by Gasteiger charge is 2.23. The van der Waals surface area contributed by atoms with E-state index in [1.54, 1.807) is 0 Å². The number of nitrogens with zero attached hydrogens (tertiary/aromatic N) is 2. The molecule has 1 N–H and O–H groups in total. The Balaban J connectivity index is 1.40. The minimum Gasteiger partial charge on any atom is -0.368 e. The molecule has 5 nitrogen and oxygen atoms in total. The third-order valence-corrected chi connectivity index (χ3v) is 5.29. The number of aryl methyl sites for hydroxylation is 2. The Labute approximate surface area is 165 Å². The van der Waals surface area contributed by atoms with E-state index in [1.165, 1.54) is 5.56 Å². The van der Waals surface area contributed by atoms with Gasteiger partial charge in [0.15, 0.2) is 0 Å². The molecule has 1 fully saturated rings. The van der Waals surface area contributed by atoms with Gasteiger partial charge in [-0.2, -0.15) is 0 Å². The van der Waals surface area contributed by atoms with E-state index >= 15 is 0 Å². The Hall–Kier alpha value is -2.66. The minimum absolute atomic E-state index is 0.00392. The van der Waals surface area contributed by atoms with Crippen molar-refractivity contribution in [3.8, 4) is 0 Å². The van der Waals surface area contributed by atoms with Crippen LogP contribution in [0.15, 0.2) is 54.6 Å². The van der Waals surface area contributed by atoms with E-state index in [-0.39, 0.29) is 12.0 Å². The van der Waals surface area contributed by atoms with Gasteiger partial charge in [-0.1, -0.05) is 42.5 Å². The van der Waals surface area contributed by atoms with Crippen molar-refractivity contribution in [2.45, 2.75) is 44.8 Å². The zero-order valence-electron chi connectivity index (χ0n) is 16.1. The third kappa shape index (κ3) is 4.42. The van der Waals surface area contributed by atoms with Crippen molar-refractivity contribution in [1.82, 2.24) is 14.9 Å². The average Bonchev–Trinajstić information content (AvgIpc) is 3.38. The highest BCUT2D eigenvalue weighted by Crippen LogP contribution is 2.18. The number of nitrogens with one attached hydrogen (secondary N) is 1. The van der Waals surface area contributed by atoms with Crippen molar-refractivity contribution < 1.29 is 9.53 Å². The van der Waals surface area contributed by atoms with Crippen molar-refractivity contribution in [3.05, 3.63) is 66.0 Å². The van der Waals surface area contributed by atoms with Gasteiger partial charge >= 0.3 is 0 Å². The number of rotatable bonds is 8. The fourth-order valence-electron chi connectivity index (χ4n) is 3.85. The third-order valence-electron chi connectivity index (χ3n) is 5.29. The lowest BCUT2D eigenvalue weighted by Crippen LogP contribution is -2.35. The summed E-state index contributed by atoms with van der Waals surface area (Å²) in [4.78, 5) is 17.0. The molecule has 0 aliphatic carbocycles. The summed E-state index contributed by atoms with van der Waals surface area (Å²) in [5.41, 5.74) is 3.54. The number of ether oxygens (including phenoxy) is 1. The maximum absolute atomic E-state index is 12.2. The number of fused-ring (bicyclic) bond motifs is 1. The summed E-state index contributed by atoms with van der Waals surface area (Å²) in [7, 11) is 0. The number of benzene rings is 2. The summed E-state index contributed by atoms with van der Waals surface area (Å²) in [5.74, 6) is 1.03. The highest BCUT2D eigenvalue weighted by molar-refractivity contribution is 5.81. The van der Waals surface area contributed by atoms with Crippen molar-refractivity contribution in [1.29, 1.82) is 0 Å². The molecule has 0 saturated carbocycles. The molecule has 0 spiro atoms. The number of carbonyl (C=O) groups excluding carboxylic acids is 1. The number of hydrogen-bond donors (Lipinski definition) is 1. The van der Waals surface area contributed by atoms with Gasteiger partial charge in [-0.05, 0) is 43.4 Å². The predicted octanol–water partition coefficient (Wildman–Crippen LogP) is 3.51. The van der Waals surface area contributed by atoms with Crippen LogP contribution in [0.5, 0.6) is 0 Å². The molecular weight excluding hydrogens is 350 g/mol. The van der Waals surface area contributed by atoms with Gasteiger partial charge in [0.1, 0.15) is 11.9 Å². The topological polar surface area (TPSA) is 56.2 Å². The van der Waals surface area contributed by atoms with Crippen LogP contribution in [0.3, 0.4) is 0 Å². The molecule has 1 unspecified atom stereocenters. The molecule has 1 atom stereocenters. The Morgan fingerprint density at radius 2 is 1.93 bits per heavy atom. The molecule has 3 aromatic rings. The minimum atomic E-state index is -0.273. The van der Waals surface area contributed by atoms with E-state index in [2.05, 4.69) is 58.4 Å². The maximum Gasteiger partial charge on any atom is 0.249 e. The lowest BCUT2D eigenvalue weighted by Gasteiger charge is -2.12. The summed E-state index contributed by atoms with van der Waals surface area (Å²) in [6.07, 6.45) is 4.34. The zero-order valence-corrected chi connectivity index (χ0v) is 16.1. The van der Waals surface area contributed by atoms with E-state index in [0.717, 1.165) is 55.5 Å². The summed E-state index contributed by atoms with van der Waals surface area (Å²) >= 11 is 0. The molecule has 2 aromatic carbocycles. The van der Waals surface area contributed by atoms with Crippen LogP contribution in [0, 0.1) is 0 Å². The van der Waals surface area contributed by atoms with E-state index in [4.69, 9.17) is 9.72 Å². The first kappa shape index (κ1) is 18.7. The number of aromatic nitrogens is 2. The molecule has 1 aliphatic rings. The van der Waals surface area contributed by atoms with Crippen LogP contribution >= 0.6 is 0 Å². The number of imidazole rings is 1. The predicted molar refractivity (Wildman–Crippen MR) is 110 cm³/mol. The molecule has 1 amide bonds. The second-order valence-electron chi connectivity index (χ2n) is 7.30. The van der Waals surface area contributed by atoms with E-state index in [0.29, 0.717) is 13.2 Å². The molecule has 146 valence electrons. The van der Waals surface area contributed by atoms with Crippen molar-refractivity contribution in [3.63, 3.8) is 0 Å². The first-order chi connectivity index (χ1) is 13.8. The van der Waals surface area contributed by atoms with Crippen LogP contribution in [-0.2, 0) is 28.9 Å². The van der Waals surface area contributed by atoms with E-state index in [9.17, 15) is 4.79 Å². The van der Waals surface area contributed by atoms with Crippen LogP contribution in [-0.4, -0.2) is 34.7 Å². The molecule has 4 rings (SSSR count). The van der Waals surface area contributed by atoms with Gasteiger partial charge in [-0.25, -0.2) is 4.98 Å². The number of amides is 1. The standard InChI is InChI=1S/C23H27N3O2/c27-23(21-13-7-17-28-21)24-15-14-22-25-19-11-4-5-12-20(19)26(22)16-6-10-18-8-2-1-3-9-18/h1-5,8-9,11-12,21H,6-7,10,13-17H2,(H,24,27). The van der Waals surface area contributed by atoms with Gasteiger partial charge in [0.2, 0.25) is 5.91 Å². The van der Waals surface area contributed by atoms with Crippen molar-refractivity contribution in [2.75, 3.05) is 13.2 Å². The molecule has 0 radical (unpaired) electrons. The number of para-hydroxylation sites is 2. The van der Waals surface area contributed by atoms with Gasteiger partial charge < -0.3 is 14.6 Å². The van der Waals surface area contributed by atoms with E-state index < -0.39 is 0 Å². The summed E-state index contributed by atoms with van der Waals surface area (Å²) in [5, 5.41) is 3.01. The maximum atomic E-state index is 12.2. The second-order valence-corrected chi connectivity index (χ2v) is 7.30. The SMILES string of the molecule is O=C(NCCc1nc2ccccc2n1CCCc1ccccc1)C1CCCO1. The molecule has 5 heteroatoms. The Bertz CT molecular complexity index is 914. The molecule has 0 bridgehead atoms.